The Morgan fingerprint density at radius 1 is 1.38 bits per heavy atom. The molecule has 0 spiro atoms. The molecule has 1 aliphatic heterocycles. The van der Waals surface area contributed by atoms with Crippen molar-refractivity contribution < 1.29 is 5.11 Å². The van der Waals surface area contributed by atoms with Crippen molar-refractivity contribution in [3.05, 3.63) is 35.3 Å². The lowest BCUT2D eigenvalue weighted by molar-refractivity contribution is 0.265. The molecule has 3 aromatic rings. The summed E-state index contributed by atoms with van der Waals surface area (Å²) in [4.78, 5) is 6.73. The molecule has 1 aliphatic rings. The molecular formula is C15H16N4OS. The van der Waals surface area contributed by atoms with Gasteiger partial charge in [-0.3, -0.25) is 0 Å². The topological polar surface area (TPSA) is 53.7 Å². The molecule has 0 aliphatic carbocycles. The van der Waals surface area contributed by atoms with E-state index in [1.807, 2.05) is 23.0 Å². The molecule has 0 saturated carbocycles. The highest BCUT2D eigenvalue weighted by Gasteiger charge is 2.26. The first-order valence-corrected chi connectivity index (χ1v) is 8.05. The summed E-state index contributed by atoms with van der Waals surface area (Å²) in [6.07, 6.45) is 5.83. The fourth-order valence-electron chi connectivity index (χ4n) is 3.04. The van der Waals surface area contributed by atoms with Gasteiger partial charge >= 0.3 is 0 Å². The van der Waals surface area contributed by atoms with Crippen LogP contribution in [0.2, 0.25) is 0 Å². The largest absolute Gasteiger partial charge is 0.394 e. The minimum absolute atomic E-state index is 0.183. The van der Waals surface area contributed by atoms with Crippen molar-refractivity contribution >= 4 is 22.8 Å². The number of hydrogen-bond acceptors (Lipinski definition) is 5. The molecule has 0 unspecified atom stereocenters. The lowest BCUT2D eigenvalue weighted by Crippen LogP contribution is -2.33. The van der Waals surface area contributed by atoms with Gasteiger partial charge in [0.05, 0.1) is 18.8 Å². The number of aromatic nitrogens is 3. The zero-order valence-corrected chi connectivity index (χ0v) is 12.3. The first-order chi connectivity index (χ1) is 10.4. The Morgan fingerprint density at radius 2 is 2.33 bits per heavy atom. The molecule has 1 fully saturated rings. The number of anilines is 1. The minimum Gasteiger partial charge on any atom is -0.394 e. The van der Waals surface area contributed by atoms with Crippen LogP contribution in [0.4, 0.5) is 5.82 Å². The van der Waals surface area contributed by atoms with Gasteiger partial charge in [-0.2, -0.15) is 21.0 Å². The third-order valence-corrected chi connectivity index (χ3v) is 4.78. The average Bonchev–Trinajstić information content (AvgIpc) is 3.25. The number of rotatable bonds is 3. The summed E-state index contributed by atoms with van der Waals surface area (Å²) in [7, 11) is 0. The third kappa shape index (κ3) is 2.02. The SMILES string of the molecule is OC[C@@H]1CCCN1c1ccnc2c(-c3ccsc3)cnn12. The second-order valence-electron chi connectivity index (χ2n) is 5.28. The number of aliphatic hydroxyl groups is 1. The van der Waals surface area contributed by atoms with E-state index >= 15 is 0 Å². The second kappa shape index (κ2) is 5.13. The van der Waals surface area contributed by atoms with E-state index in [-0.39, 0.29) is 12.6 Å². The van der Waals surface area contributed by atoms with E-state index in [4.69, 9.17) is 0 Å². The van der Waals surface area contributed by atoms with Crippen molar-refractivity contribution in [3.63, 3.8) is 0 Å². The maximum atomic E-state index is 9.54. The molecule has 6 heteroatoms. The van der Waals surface area contributed by atoms with Gasteiger partial charge in [0.2, 0.25) is 0 Å². The third-order valence-electron chi connectivity index (χ3n) is 4.10. The Hall–Kier alpha value is -1.92. The molecule has 1 saturated heterocycles. The molecule has 4 heterocycles. The zero-order valence-electron chi connectivity index (χ0n) is 11.5. The van der Waals surface area contributed by atoms with Crippen LogP contribution in [0.25, 0.3) is 16.8 Å². The van der Waals surface area contributed by atoms with Crippen LogP contribution >= 0.6 is 11.3 Å². The summed E-state index contributed by atoms with van der Waals surface area (Å²) in [5, 5.41) is 18.2. The first-order valence-electron chi connectivity index (χ1n) is 7.11. The molecule has 0 radical (unpaired) electrons. The molecule has 3 aromatic heterocycles. The number of aliphatic hydroxyl groups excluding tert-OH is 1. The standard InChI is InChI=1S/C15H16N4OS/c20-9-12-2-1-6-18(12)14-3-5-16-15-13(8-17-19(14)15)11-4-7-21-10-11/h3-5,7-8,10,12,20H,1-2,6,9H2/t12-/m0/s1. The van der Waals surface area contributed by atoms with Crippen LogP contribution in [0.3, 0.4) is 0 Å². The van der Waals surface area contributed by atoms with Crippen LogP contribution in [0, 0.1) is 0 Å². The summed E-state index contributed by atoms with van der Waals surface area (Å²) in [6, 6.07) is 4.25. The predicted octanol–water partition coefficient (Wildman–Crippen LogP) is 2.42. The Kier molecular flexibility index (Phi) is 3.12. The Balaban J connectivity index is 1.84. The van der Waals surface area contributed by atoms with Crippen LogP contribution < -0.4 is 4.90 Å². The van der Waals surface area contributed by atoms with E-state index in [0.717, 1.165) is 42.0 Å². The van der Waals surface area contributed by atoms with Crippen molar-refractivity contribution in [1.82, 2.24) is 14.6 Å². The molecule has 5 nitrogen and oxygen atoms in total. The highest BCUT2D eigenvalue weighted by atomic mass is 32.1. The van der Waals surface area contributed by atoms with E-state index in [9.17, 15) is 5.11 Å². The zero-order chi connectivity index (χ0) is 14.2. The summed E-state index contributed by atoms with van der Waals surface area (Å²) < 4.78 is 1.89. The van der Waals surface area contributed by atoms with Gasteiger partial charge in [-0.25, -0.2) is 4.98 Å². The van der Waals surface area contributed by atoms with Crippen molar-refractivity contribution in [2.75, 3.05) is 18.1 Å². The molecule has 21 heavy (non-hydrogen) atoms. The summed E-state index contributed by atoms with van der Waals surface area (Å²) in [5.41, 5.74) is 3.08. The monoisotopic (exact) mass is 300 g/mol. The second-order valence-corrected chi connectivity index (χ2v) is 6.06. The fraction of sp³-hybridized carbons (Fsp3) is 0.333. The lowest BCUT2D eigenvalue weighted by atomic mass is 10.2. The molecule has 4 rings (SSSR count). The first kappa shape index (κ1) is 12.8. The normalized spacial score (nSPS) is 18.7. The van der Waals surface area contributed by atoms with Crippen LogP contribution in [0.5, 0.6) is 0 Å². The molecule has 1 N–H and O–H groups in total. The molecule has 0 amide bonds. The minimum atomic E-state index is 0.183. The van der Waals surface area contributed by atoms with Crippen LogP contribution in [0.15, 0.2) is 35.3 Å². The van der Waals surface area contributed by atoms with Gasteiger partial charge in [-0.05, 0) is 41.3 Å². The van der Waals surface area contributed by atoms with E-state index in [2.05, 4.69) is 31.8 Å². The number of fused-ring (bicyclic) bond motifs is 1. The van der Waals surface area contributed by atoms with E-state index in [1.165, 1.54) is 0 Å². The quantitative estimate of drug-likeness (QED) is 0.807. The van der Waals surface area contributed by atoms with Crippen LogP contribution in [-0.4, -0.2) is 38.9 Å². The molecule has 1 atom stereocenters. The van der Waals surface area contributed by atoms with Crippen LogP contribution in [-0.2, 0) is 0 Å². The van der Waals surface area contributed by atoms with Crippen molar-refractivity contribution in [2.24, 2.45) is 0 Å². The van der Waals surface area contributed by atoms with Gasteiger partial charge in [0, 0.05) is 18.3 Å². The summed E-state index contributed by atoms with van der Waals surface area (Å²) in [5.74, 6) is 1.01. The van der Waals surface area contributed by atoms with Gasteiger partial charge in [0.15, 0.2) is 5.65 Å². The molecular weight excluding hydrogens is 284 g/mol. The Labute approximate surface area is 126 Å². The van der Waals surface area contributed by atoms with Gasteiger partial charge in [-0.1, -0.05) is 0 Å². The van der Waals surface area contributed by atoms with Crippen molar-refractivity contribution in [3.8, 4) is 11.1 Å². The maximum Gasteiger partial charge on any atom is 0.165 e. The van der Waals surface area contributed by atoms with Gasteiger partial charge < -0.3 is 10.0 Å². The average molecular weight is 300 g/mol. The van der Waals surface area contributed by atoms with Crippen molar-refractivity contribution in [2.45, 2.75) is 18.9 Å². The summed E-state index contributed by atoms with van der Waals surface area (Å²) in [6.45, 7) is 1.14. The molecule has 108 valence electrons. The highest BCUT2D eigenvalue weighted by molar-refractivity contribution is 7.08. The lowest BCUT2D eigenvalue weighted by Gasteiger charge is -2.25. The van der Waals surface area contributed by atoms with Gasteiger partial charge in [0.1, 0.15) is 5.82 Å². The maximum absolute atomic E-state index is 9.54. The van der Waals surface area contributed by atoms with Crippen LogP contribution in [0.1, 0.15) is 12.8 Å². The van der Waals surface area contributed by atoms with E-state index < -0.39 is 0 Å². The van der Waals surface area contributed by atoms with Gasteiger partial charge in [-0.15, -0.1) is 0 Å². The Morgan fingerprint density at radius 3 is 3.14 bits per heavy atom. The number of thiophene rings is 1. The smallest absolute Gasteiger partial charge is 0.165 e. The summed E-state index contributed by atoms with van der Waals surface area (Å²) >= 11 is 1.67. The van der Waals surface area contributed by atoms with Crippen molar-refractivity contribution in [1.29, 1.82) is 0 Å². The highest BCUT2D eigenvalue weighted by Crippen LogP contribution is 2.30. The number of hydrogen-bond donors (Lipinski definition) is 1. The predicted molar refractivity (Wildman–Crippen MR) is 83.8 cm³/mol. The number of nitrogens with zero attached hydrogens (tertiary/aromatic N) is 4. The van der Waals surface area contributed by atoms with E-state index in [1.54, 1.807) is 11.3 Å². The van der Waals surface area contributed by atoms with E-state index in [0.29, 0.717) is 0 Å². The fourth-order valence-corrected chi connectivity index (χ4v) is 3.70. The molecule has 0 aromatic carbocycles. The Bertz CT molecular complexity index is 752. The molecule has 0 bridgehead atoms. The van der Waals surface area contributed by atoms with Gasteiger partial charge in [0.25, 0.3) is 0 Å².